The third-order valence-electron chi connectivity index (χ3n) is 2.51. The number of hydrogen-bond donors (Lipinski definition) is 1. The first-order valence-corrected chi connectivity index (χ1v) is 5.44. The fourth-order valence-electron chi connectivity index (χ4n) is 1.76. The van der Waals surface area contributed by atoms with E-state index in [4.69, 9.17) is 4.42 Å². The summed E-state index contributed by atoms with van der Waals surface area (Å²) in [6.45, 7) is 2.57. The highest BCUT2D eigenvalue weighted by Gasteiger charge is 2.19. The highest BCUT2D eigenvalue weighted by atomic mass is 19.1. The van der Waals surface area contributed by atoms with E-state index in [-0.39, 0.29) is 0 Å². The molecular formula is C13H13F2NO. The lowest BCUT2D eigenvalue weighted by atomic mass is 10.0. The normalized spacial score (nSPS) is 12.6. The number of furan rings is 1. The van der Waals surface area contributed by atoms with Gasteiger partial charge in [-0.15, -0.1) is 0 Å². The van der Waals surface area contributed by atoms with Gasteiger partial charge in [-0.1, -0.05) is 13.0 Å². The monoisotopic (exact) mass is 237 g/mol. The van der Waals surface area contributed by atoms with Gasteiger partial charge in [0.2, 0.25) is 0 Å². The average molecular weight is 237 g/mol. The second-order valence-electron chi connectivity index (χ2n) is 3.67. The fourth-order valence-corrected chi connectivity index (χ4v) is 1.76. The zero-order chi connectivity index (χ0) is 12.3. The topological polar surface area (TPSA) is 25.2 Å². The van der Waals surface area contributed by atoms with Crippen molar-refractivity contribution in [3.8, 4) is 0 Å². The highest BCUT2D eigenvalue weighted by Crippen LogP contribution is 2.25. The van der Waals surface area contributed by atoms with Crippen molar-refractivity contribution >= 4 is 0 Å². The Hall–Kier alpha value is -1.68. The minimum absolute atomic E-state index is 0.378. The lowest BCUT2D eigenvalue weighted by molar-refractivity contribution is 0.440. The maximum absolute atomic E-state index is 13.7. The van der Waals surface area contributed by atoms with Crippen molar-refractivity contribution in [3.05, 3.63) is 59.6 Å². The molecule has 2 rings (SSSR count). The molecule has 0 fully saturated rings. The van der Waals surface area contributed by atoms with Gasteiger partial charge in [-0.05, 0) is 24.7 Å². The van der Waals surface area contributed by atoms with Gasteiger partial charge in [0.25, 0.3) is 0 Å². The summed E-state index contributed by atoms with van der Waals surface area (Å²) >= 11 is 0. The van der Waals surface area contributed by atoms with Crippen LogP contribution in [0.25, 0.3) is 0 Å². The summed E-state index contributed by atoms with van der Waals surface area (Å²) in [5.41, 5.74) is 0.378. The van der Waals surface area contributed by atoms with Crippen molar-refractivity contribution in [2.75, 3.05) is 6.54 Å². The van der Waals surface area contributed by atoms with E-state index in [9.17, 15) is 8.78 Å². The molecule has 0 aliphatic heterocycles. The van der Waals surface area contributed by atoms with Crippen molar-refractivity contribution in [2.24, 2.45) is 0 Å². The zero-order valence-corrected chi connectivity index (χ0v) is 9.41. The molecule has 1 heterocycles. The van der Waals surface area contributed by atoms with Crippen molar-refractivity contribution in [2.45, 2.75) is 13.0 Å². The number of nitrogens with one attached hydrogen (secondary N) is 1. The quantitative estimate of drug-likeness (QED) is 0.883. The molecule has 0 aliphatic rings. The number of benzene rings is 1. The van der Waals surface area contributed by atoms with Crippen molar-refractivity contribution < 1.29 is 13.2 Å². The van der Waals surface area contributed by atoms with Crippen molar-refractivity contribution in [1.82, 2.24) is 5.32 Å². The molecule has 4 heteroatoms. The summed E-state index contributed by atoms with van der Waals surface area (Å²) in [6.07, 6.45) is 1.53. The second kappa shape index (κ2) is 5.10. The van der Waals surface area contributed by atoms with Gasteiger partial charge in [0.15, 0.2) is 0 Å². The molecule has 1 atom stereocenters. The maximum atomic E-state index is 13.7. The van der Waals surface area contributed by atoms with E-state index in [0.717, 1.165) is 6.07 Å². The molecule has 1 N–H and O–H groups in total. The predicted octanol–water partition coefficient (Wildman–Crippen LogP) is 3.26. The molecule has 17 heavy (non-hydrogen) atoms. The average Bonchev–Trinajstić information content (AvgIpc) is 2.80. The van der Waals surface area contributed by atoms with E-state index >= 15 is 0 Å². The van der Waals surface area contributed by atoms with Gasteiger partial charge in [0.1, 0.15) is 17.4 Å². The first-order valence-electron chi connectivity index (χ1n) is 5.44. The van der Waals surface area contributed by atoms with Crippen LogP contribution in [0.15, 0.2) is 41.0 Å². The summed E-state index contributed by atoms with van der Waals surface area (Å²) in [4.78, 5) is 0. The summed E-state index contributed by atoms with van der Waals surface area (Å²) in [7, 11) is 0. The van der Waals surface area contributed by atoms with E-state index in [1.807, 2.05) is 6.92 Å². The van der Waals surface area contributed by atoms with Crippen LogP contribution in [-0.2, 0) is 0 Å². The largest absolute Gasteiger partial charge is 0.467 e. The number of halogens is 2. The van der Waals surface area contributed by atoms with Crippen LogP contribution in [-0.4, -0.2) is 6.54 Å². The molecule has 1 aromatic carbocycles. The van der Waals surface area contributed by atoms with Crippen LogP contribution < -0.4 is 5.32 Å². The smallest absolute Gasteiger partial charge is 0.131 e. The van der Waals surface area contributed by atoms with Crippen LogP contribution in [0.3, 0.4) is 0 Å². The van der Waals surface area contributed by atoms with Gasteiger partial charge in [-0.3, -0.25) is 0 Å². The first-order chi connectivity index (χ1) is 8.22. The third-order valence-corrected chi connectivity index (χ3v) is 2.51. The molecule has 0 spiro atoms. The predicted molar refractivity (Wildman–Crippen MR) is 60.6 cm³/mol. The Morgan fingerprint density at radius 3 is 2.71 bits per heavy atom. The van der Waals surface area contributed by atoms with Gasteiger partial charge in [-0.25, -0.2) is 8.78 Å². The first kappa shape index (κ1) is 11.8. The molecule has 0 aliphatic carbocycles. The Morgan fingerprint density at radius 2 is 2.12 bits per heavy atom. The Labute approximate surface area is 98.3 Å². The molecule has 0 saturated heterocycles. The Morgan fingerprint density at radius 1 is 1.29 bits per heavy atom. The summed E-state index contributed by atoms with van der Waals surface area (Å²) in [5, 5.41) is 3.11. The van der Waals surface area contributed by atoms with Gasteiger partial charge in [-0.2, -0.15) is 0 Å². The molecule has 2 aromatic rings. The van der Waals surface area contributed by atoms with Gasteiger partial charge < -0.3 is 9.73 Å². The SMILES string of the molecule is CCNC(c1ccco1)c1ccc(F)cc1F. The molecular weight excluding hydrogens is 224 g/mol. The second-order valence-corrected chi connectivity index (χ2v) is 3.67. The molecule has 0 radical (unpaired) electrons. The number of hydrogen-bond acceptors (Lipinski definition) is 2. The van der Waals surface area contributed by atoms with E-state index in [2.05, 4.69) is 5.32 Å². The van der Waals surface area contributed by atoms with E-state index in [1.54, 1.807) is 12.1 Å². The molecule has 0 saturated carbocycles. The van der Waals surface area contributed by atoms with Crippen LogP contribution in [0.4, 0.5) is 8.78 Å². The summed E-state index contributed by atoms with van der Waals surface area (Å²) < 4.78 is 31.8. The van der Waals surface area contributed by atoms with Gasteiger partial charge in [0, 0.05) is 11.6 Å². The van der Waals surface area contributed by atoms with Crippen LogP contribution in [0.5, 0.6) is 0 Å². The molecule has 0 amide bonds. The van der Waals surface area contributed by atoms with E-state index in [0.29, 0.717) is 17.9 Å². The van der Waals surface area contributed by atoms with E-state index in [1.165, 1.54) is 18.4 Å². The van der Waals surface area contributed by atoms with Crippen molar-refractivity contribution in [1.29, 1.82) is 0 Å². The molecule has 90 valence electrons. The van der Waals surface area contributed by atoms with Crippen LogP contribution in [0.2, 0.25) is 0 Å². The molecule has 1 unspecified atom stereocenters. The van der Waals surface area contributed by atoms with Gasteiger partial charge in [0.05, 0.1) is 12.3 Å². The Kier molecular flexibility index (Phi) is 3.54. The third kappa shape index (κ3) is 2.53. The zero-order valence-electron chi connectivity index (χ0n) is 9.41. The van der Waals surface area contributed by atoms with Gasteiger partial charge >= 0.3 is 0 Å². The Balaban J connectivity index is 2.39. The number of rotatable bonds is 4. The Bertz CT molecular complexity index is 482. The summed E-state index contributed by atoms with van der Waals surface area (Å²) in [6, 6.07) is 6.65. The standard InChI is InChI=1S/C13H13F2NO/c1-2-16-13(12-4-3-7-17-12)10-6-5-9(14)8-11(10)15/h3-8,13,16H,2H2,1H3. The molecule has 2 nitrogen and oxygen atoms in total. The summed E-state index contributed by atoms with van der Waals surface area (Å²) in [5.74, 6) is -0.550. The highest BCUT2D eigenvalue weighted by molar-refractivity contribution is 5.28. The van der Waals surface area contributed by atoms with Crippen molar-refractivity contribution in [3.63, 3.8) is 0 Å². The lowest BCUT2D eigenvalue weighted by Crippen LogP contribution is -2.22. The van der Waals surface area contributed by atoms with Crippen LogP contribution >= 0.6 is 0 Å². The molecule has 0 bridgehead atoms. The minimum atomic E-state index is -0.582. The molecule has 1 aromatic heterocycles. The maximum Gasteiger partial charge on any atom is 0.131 e. The van der Waals surface area contributed by atoms with E-state index < -0.39 is 17.7 Å². The fraction of sp³-hybridized carbons (Fsp3) is 0.231. The minimum Gasteiger partial charge on any atom is -0.467 e. The lowest BCUT2D eigenvalue weighted by Gasteiger charge is -2.16. The van der Waals surface area contributed by atoms with Crippen LogP contribution in [0.1, 0.15) is 24.3 Å². The van der Waals surface area contributed by atoms with Crippen LogP contribution in [0, 0.1) is 11.6 Å².